The molecule has 2 aliphatic rings. The summed E-state index contributed by atoms with van der Waals surface area (Å²) in [6, 6.07) is 5.96. The molecule has 0 radical (unpaired) electrons. The van der Waals surface area contributed by atoms with Gasteiger partial charge in [0.25, 0.3) is 0 Å². The molecule has 1 aromatic heterocycles. The van der Waals surface area contributed by atoms with Crippen molar-refractivity contribution in [2.45, 2.75) is 31.7 Å². The molecular weight excluding hydrogens is 252 g/mol. The van der Waals surface area contributed by atoms with Crippen LogP contribution in [0.5, 0.6) is 0 Å². The van der Waals surface area contributed by atoms with Crippen LogP contribution in [0.25, 0.3) is 11.4 Å². The average molecular weight is 270 g/mol. The number of benzene rings is 1. The third-order valence-electron chi connectivity index (χ3n) is 4.22. The number of nitrogen functional groups attached to an aromatic ring is 2. The molecule has 0 amide bonds. The van der Waals surface area contributed by atoms with Gasteiger partial charge in [-0.05, 0) is 66.1 Å². The van der Waals surface area contributed by atoms with Gasteiger partial charge >= 0.3 is 0 Å². The van der Waals surface area contributed by atoms with Gasteiger partial charge in [-0.3, -0.25) is 0 Å². The molecule has 0 atom stereocenters. The second kappa shape index (κ2) is 4.19. The van der Waals surface area contributed by atoms with Crippen molar-refractivity contribution in [3.63, 3.8) is 0 Å². The summed E-state index contributed by atoms with van der Waals surface area (Å²) in [7, 11) is 0. The summed E-state index contributed by atoms with van der Waals surface area (Å²) in [6.45, 7) is 0. The highest BCUT2D eigenvalue weighted by Crippen LogP contribution is 2.52. The molecule has 2 aromatic rings. The number of hydrogen-bond acceptors (Lipinski definition) is 5. The average Bonchev–Trinajstić information content (AvgIpc) is 3.29. The first kappa shape index (κ1) is 11.7. The van der Waals surface area contributed by atoms with E-state index in [0.717, 1.165) is 23.2 Å². The molecule has 0 saturated heterocycles. The van der Waals surface area contributed by atoms with E-state index in [9.17, 15) is 0 Å². The smallest absolute Gasteiger partial charge is 0.182 e. The Morgan fingerprint density at radius 3 is 2.15 bits per heavy atom. The molecule has 6 heteroatoms. The molecule has 2 aliphatic carbocycles. The molecule has 2 saturated carbocycles. The van der Waals surface area contributed by atoms with E-state index >= 15 is 0 Å². The SMILES string of the molecule is Nc1cc(N)cc(-c2nnnn2C(C2CC2)C2CC2)c1. The predicted molar refractivity (Wildman–Crippen MR) is 76.6 cm³/mol. The molecule has 4 N–H and O–H groups in total. The lowest BCUT2D eigenvalue weighted by Crippen LogP contribution is -2.16. The van der Waals surface area contributed by atoms with Crippen LogP contribution < -0.4 is 11.5 Å². The standard InChI is InChI=1S/C14H18N6/c15-11-5-10(6-12(16)7-11)14-17-18-19-20(14)13(8-1-2-8)9-3-4-9/h5-9,13H,1-4,15-16H2. The fraction of sp³-hybridized carbons (Fsp3) is 0.500. The van der Waals surface area contributed by atoms with Crippen LogP contribution in [0.4, 0.5) is 11.4 Å². The van der Waals surface area contributed by atoms with Gasteiger partial charge in [-0.25, -0.2) is 4.68 Å². The van der Waals surface area contributed by atoms with Gasteiger partial charge in [0.1, 0.15) is 0 Å². The van der Waals surface area contributed by atoms with Gasteiger partial charge in [0.2, 0.25) is 0 Å². The molecule has 20 heavy (non-hydrogen) atoms. The lowest BCUT2D eigenvalue weighted by Gasteiger charge is -2.17. The number of aromatic nitrogens is 4. The molecule has 0 bridgehead atoms. The summed E-state index contributed by atoms with van der Waals surface area (Å²) in [5, 5.41) is 12.3. The summed E-state index contributed by atoms with van der Waals surface area (Å²) >= 11 is 0. The lowest BCUT2D eigenvalue weighted by molar-refractivity contribution is 0.357. The molecule has 0 unspecified atom stereocenters. The van der Waals surface area contributed by atoms with Crippen molar-refractivity contribution >= 4 is 11.4 Å². The number of rotatable bonds is 4. The zero-order valence-corrected chi connectivity index (χ0v) is 11.2. The van der Waals surface area contributed by atoms with Crippen LogP contribution in [0.1, 0.15) is 31.7 Å². The molecular formula is C14H18N6. The van der Waals surface area contributed by atoms with Crippen molar-refractivity contribution in [3.8, 4) is 11.4 Å². The summed E-state index contributed by atoms with van der Waals surface area (Å²) in [5.74, 6) is 2.26. The maximum atomic E-state index is 5.88. The Hall–Kier alpha value is -2.11. The van der Waals surface area contributed by atoms with Gasteiger partial charge in [0, 0.05) is 16.9 Å². The van der Waals surface area contributed by atoms with Gasteiger partial charge in [-0.15, -0.1) is 5.10 Å². The zero-order chi connectivity index (χ0) is 13.7. The van der Waals surface area contributed by atoms with Crippen LogP contribution in [0.15, 0.2) is 18.2 Å². The van der Waals surface area contributed by atoms with Gasteiger partial charge in [-0.1, -0.05) is 0 Å². The Labute approximate surface area is 117 Å². The highest BCUT2D eigenvalue weighted by molar-refractivity contribution is 5.67. The molecule has 0 aliphatic heterocycles. The molecule has 4 rings (SSSR count). The number of nitrogens with zero attached hydrogens (tertiary/aromatic N) is 4. The topological polar surface area (TPSA) is 95.6 Å². The highest BCUT2D eigenvalue weighted by Gasteiger charge is 2.44. The lowest BCUT2D eigenvalue weighted by atomic mass is 10.1. The Morgan fingerprint density at radius 2 is 1.60 bits per heavy atom. The van der Waals surface area contributed by atoms with E-state index < -0.39 is 0 Å². The van der Waals surface area contributed by atoms with Crippen molar-refractivity contribution in [1.82, 2.24) is 20.2 Å². The molecule has 104 valence electrons. The van der Waals surface area contributed by atoms with E-state index in [4.69, 9.17) is 11.5 Å². The van der Waals surface area contributed by atoms with Crippen LogP contribution in [0.3, 0.4) is 0 Å². The number of anilines is 2. The van der Waals surface area contributed by atoms with Crippen LogP contribution in [0, 0.1) is 11.8 Å². The maximum absolute atomic E-state index is 5.88. The van der Waals surface area contributed by atoms with Crippen molar-refractivity contribution in [3.05, 3.63) is 18.2 Å². The van der Waals surface area contributed by atoms with Crippen molar-refractivity contribution in [1.29, 1.82) is 0 Å². The Morgan fingerprint density at radius 1 is 1.00 bits per heavy atom. The monoisotopic (exact) mass is 270 g/mol. The first-order valence-corrected chi connectivity index (χ1v) is 7.16. The minimum absolute atomic E-state index is 0.447. The third-order valence-corrected chi connectivity index (χ3v) is 4.22. The second-order valence-electron chi connectivity index (χ2n) is 6.00. The van der Waals surface area contributed by atoms with Crippen molar-refractivity contribution in [2.75, 3.05) is 11.5 Å². The van der Waals surface area contributed by atoms with Crippen LogP contribution in [-0.2, 0) is 0 Å². The highest BCUT2D eigenvalue weighted by atomic mass is 15.6. The fourth-order valence-electron chi connectivity index (χ4n) is 3.05. The minimum Gasteiger partial charge on any atom is -0.399 e. The number of hydrogen-bond donors (Lipinski definition) is 2. The van der Waals surface area contributed by atoms with E-state index in [-0.39, 0.29) is 0 Å². The van der Waals surface area contributed by atoms with Gasteiger partial charge < -0.3 is 11.5 Å². The summed E-state index contributed by atoms with van der Waals surface area (Å²) < 4.78 is 2.00. The molecule has 1 aromatic carbocycles. The van der Waals surface area contributed by atoms with Gasteiger partial charge in [0.15, 0.2) is 5.82 Å². The normalized spacial score (nSPS) is 18.6. The Balaban J connectivity index is 1.77. The maximum Gasteiger partial charge on any atom is 0.182 e. The van der Waals surface area contributed by atoms with E-state index in [1.54, 1.807) is 6.07 Å². The first-order valence-electron chi connectivity index (χ1n) is 7.16. The Bertz CT molecular complexity index is 609. The molecule has 6 nitrogen and oxygen atoms in total. The van der Waals surface area contributed by atoms with Crippen LogP contribution >= 0.6 is 0 Å². The largest absolute Gasteiger partial charge is 0.399 e. The van der Waals surface area contributed by atoms with Gasteiger partial charge in [0.05, 0.1) is 6.04 Å². The van der Waals surface area contributed by atoms with Crippen molar-refractivity contribution < 1.29 is 0 Å². The molecule has 1 heterocycles. The minimum atomic E-state index is 0.447. The quantitative estimate of drug-likeness (QED) is 0.827. The summed E-state index contributed by atoms with van der Waals surface area (Å²) in [4.78, 5) is 0. The summed E-state index contributed by atoms with van der Waals surface area (Å²) in [5.41, 5.74) is 13.9. The zero-order valence-electron chi connectivity index (χ0n) is 11.2. The van der Waals surface area contributed by atoms with E-state index in [2.05, 4.69) is 15.5 Å². The van der Waals surface area contributed by atoms with Gasteiger partial charge in [-0.2, -0.15) is 0 Å². The predicted octanol–water partition coefficient (Wildman–Crippen LogP) is 1.87. The third kappa shape index (κ3) is 2.01. The number of tetrazole rings is 1. The number of nitrogens with two attached hydrogens (primary N) is 2. The molecule has 2 fully saturated rings. The first-order chi connectivity index (χ1) is 9.72. The fourth-order valence-corrected chi connectivity index (χ4v) is 3.05. The molecule has 0 spiro atoms. The second-order valence-corrected chi connectivity index (χ2v) is 6.00. The Kier molecular flexibility index (Phi) is 2.45. The van der Waals surface area contributed by atoms with E-state index in [1.165, 1.54) is 25.7 Å². The van der Waals surface area contributed by atoms with E-state index in [0.29, 0.717) is 17.4 Å². The summed E-state index contributed by atoms with van der Waals surface area (Å²) in [6.07, 6.45) is 5.16. The van der Waals surface area contributed by atoms with Crippen LogP contribution in [0.2, 0.25) is 0 Å². The van der Waals surface area contributed by atoms with Crippen LogP contribution in [-0.4, -0.2) is 20.2 Å². The van der Waals surface area contributed by atoms with Crippen molar-refractivity contribution in [2.24, 2.45) is 11.8 Å². The van der Waals surface area contributed by atoms with E-state index in [1.807, 2.05) is 16.8 Å².